The highest BCUT2D eigenvalue weighted by Gasteiger charge is 2.08. The summed E-state index contributed by atoms with van der Waals surface area (Å²) >= 11 is 5.84. The van der Waals surface area contributed by atoms with Crippen molar-refractivity contribution in [3.05, 3.63) is 95.0 Å². The average Bonchev–Trinajstić information content (AvgIpc) is 2.69. The van der Waals surface area contributed by atoms with Crippen molar-refractivity contribution < 1.29 is 9.63 Å². The molecule has 0 saturated carbocycles. The number of rotatable bonds is 5. The summed E-state index contributed by atoms with van der Waals surface area (Å²) in [6, 6.07) is 24.3. The maximum atomic E-state index is 12.1. The van der Waals surface area contributed by atoms with Crippen LogP contribution in [0.4, 0.5) is 0 Å². The van der Waals surface area contributed by atoms with Gasteiger partial charge in [-0.25, -0.2) is 4.79 Å². The van der Waals surface area contributed by atoms with E-state index in [1.54, 1.807) is 24.3 Å². The monoisotopic (exact) mass is 364 g/mol. The lowest BCUT2D eigenvalue weighted by Crippen LogP contribution is -2.16. The van der Waals surface area contributed by atoms with Gasteiger partial charge in [0.2, 0.25) is 0 Å². The molecule has 3 aromatic rings. The quantitative estimate of drug-likeness (QED) is 0.309. The summed E-state index contributed by atoms with van der Waals surface area (Å²) in [5.74, 6) is -0.342. The van der Waals surface area contributed by atoms with Crippen LogP contribution in [0, 0.1) is 0 Å². The lowest BCUT2D eigenvalue weighted by molar-refractivity contribution is 0.0515. The topological polar surface area (TPSA) is 64.7 Å². The second-order valence-electron chi connectivity index (χ2n) is 5.71. The summed E-state index contributed by atoms with van der Waals surface area (Å²) in [5.41, 5.74) is 9.25. The van der Waals surface area contributed by atoms with Gasteiger partial charge in [-0.3, -0.25) is 0 Å². The van der Waals surface area contributed by atoms with E-state index < -0.39 is 5.97 Å². The molecule has 0 aliphatic rings. The van der Waals surface area contributed by atoms with Crippen molar-refractivity contribution >= 4 is 23.4 Å². The van der Waals surface area contributed by atoms with Crippen molar-refractivity contribution in [3.63, 3.8) is 0 Å². The fourth-order valence-corrected chi connectivity index (χ4v) is 2.55. The van der Waals surface area contributed by atoms with E-state index in [9.17, 15) is 4.79 Å². The van der Waals surface area contributed by atoms with Crippen molar-refractivity contribution in [3.8, 4) is 11.1 Å². The van der Waals surface area contributed by atoms with Gasteiger partial charge in [-0.05, 0) is 41.0 Å². The Balaban J connectivity index is 1.61. The smallest absolute Gasteiger partial charge is 0.365 e. The number of halogens is 1. The van der Waals surface area contributed by atoms with E-state index >= 15 is 0 Å². The Morgan fingerprint density at radius 3 is 2.15 bits per heavy atom. The first kappa shape index (κ1) is 17.7. The molecule has 0 fully saturated rings. The van der Waals surface area contributed by atoms with Gasteiger partial charge in [0.05, 0.1) is 5.56 Å². The molecule has 0 bridgehead atoms. The summed E-state index contributed by atoms with van der Waals surface area (Å²) in [5, 5.41) is 4.36. The standard InChI is InChI=1S/C21H17ClN2O2/c22-19-12-6-15(7-13-19)14-20(23)24-26-21(25)18-10-8-17(9-11-18)16-4-2-1-3-5-16/h1-13H,14H2,(H2,23,24). The fraction of sp³-hybridized carbons (Fsp3) is 0.0476. The van der Waals surface area contributed by atoms with Crippen LogP contribution in [-0.4, -0.2) is 11.8 Å². The highest BCUT2D eigenvalue weighted by atomic mass is 35.5. The zero-order chi connectivity index (χ0) is 18.4. The fourth-order valence-electron chi connectivity index (χ4n) is 2.43. The van der Waals surface area contributed by atoms with Gasteiger partial charge in [0.1, 0.15) is 5.84 Å². The SMILES string of the molecule is NC(Cc1ccc(Cl)cc1)=NOC(=O)c1ccc(-c2ccccc2)cc1. The van der Waals surface area contributed by atoms with Crippen LogP contribution >= 0.6 is 11.6 Å². The first-order valence-electron chi connectivity index (χ1n) is 8.05. The molecule has 0 amide bonds. The zero-order valence-corrected chi connectivity index (χ0v) is 14.7. The molecule has 0 unspecified atom stereocenters. The molecule has 26 heavy (non-hydrogen) atoms. The third-order valence-corrected chi connectivity index (χ3v) is 4.02. The van der Waals surface area contributed by atoms with E-state index in [0.717, 1.165) is 16.7 Å². The molecule has 0 aliphatic carbocycles. The minimum absolute atomic E-state index is 0.210. The van der Waals surface area contributed by atoms with Gasteiger partial charge < -0.3 is 10.6 Å². The van der Waals surface area contributed by atoms with Gasteiger partial charge in [0.25, 0.3) is 0 Å². The lowest BCUT2D eigenvalue weighted by atomic mass is 10.0. The van der Waals surface area contributed by atoms with Crippen molar-refractivity contribution in [2.75, 3.05) is 0 Å². The number of hydrogen-bond donors (Lipinski definition) is 1. The summed E-state index contributed by atoms with van der Waals surface area (Å²) in [4.78, 5) is 17.0. The predicted molar refractivity (Wildman–Crippen MR) is 104 cm³/mol. The van der Waals surface area contributed by atoms with E-state index in [4.69, 9.17) is 22.2 Å². The van der Waals surface area contributed by atoms with Crippen LogP contribution in [-0.2, 0) is 11.3 Å². The minimum Gasteiger partial charge on any atom is -0.384 e. The Bertz CT molecular complexity index is 905. The highest BCUT2D eigenvalue weighted by molar-refractivity contribution is 6.30. The summed E-state index contributed by atoms with van der Waals surface area (Å²) < 4.78 is 0. The number of benzene rings is 3. The number of oxime groups is 1. The van der Waals surface area contributed by atoms with Crippen LogP contribution in [0.15, 0.2) is 84.0 Å². The first-order valence-corrected chi connectivity index (χ1v) is 8.43. The summed E-state index contributed by atoms with van der Waals surface area (Å²) in [6.45, 7) is 0. The maximum absolute atomic E-state index is 12.1. The molecule has 2 N–H and O–H groups in total. The Morgan fingerprint density at radius 1 is 0.885 bits per heavy atom. The highest BCUT2D eigenvalue weighted by Crippen LogP contribution is 2.19. The van der Waals surface area contributed by atoms with Gasteiger partial charge in [-0.2, -0.15) is 0 Å². The largest absolute Gasteiger partial charge is 0.384 e. The van der Waals surface area contributed by atoms with E-state index in [1.165, 1.54) is 0 Å². The number of carbonyl (C=O) groups is 1. The number of amidine groups is 1. The van der Waals surface area contributed by atoms with Crippen molar-refractivity contribution in [1.82, 2.24) is 0 Å². The molecule has 0 radical (unpaired) electrons. The van der Waals surface area contributed by atoms with Crippen LogP contribution in [0.25, 0.3) is 11.1 Å². The summed E-state index contributed by atoms with van der Waals surface area (Å²) in [7, 11) is 0. The number of nitrogens with zero attached hydrogens (tertiary/aromatic N) is 1. The molecule has 3 aromatic carbocycles. The van der Waals surface area contributed by atoms with E-state index in [2.05, 4.69) is 5.16 Å². The molecular formula is C21H17ClN2O2. The van der Waals surface area contributed by atoms with Gasteiger partial charge in [-0.15, -0.1) is 0 Å². The Hall–Kier alpha value is -3.11. The predicted octanol–water partition coefficient (Wildman–Crippen LogP) is 4.68. The molecule has 0 spiro atoms. The zero-order valence-electron chi connectivity index (χ0n) is 13.9. The Morgan fingerprint density at radius 2 is 1.50 bits per heavy atom. The number of carbonyl (C=O) groups excluding carboxylic acids is 1. The van der Waals surface area contributed by atoms with Gasteiger partial charge in [-0.1, -0.05) is 71.4 Å². The molecule has 5 heteroatoms. The maximum Gasteiger partial charge on any atom is 0.365 e. The third kappa shape index (κ3) is 4.71. The van der Waals surface area contributed by atoms with Crippen LogP contribution in [0.1, 0.15) is 15.9 Å². The third-order valence-electron chi connectivity index (χ3n) is 3.77. The first-order chi connectivity index (χ1) is 12.6. The molecular weight excluding hydrogens is 348 g/mol. The normalized spacial score (nSPS) is 11.2. The van der Waals surface area contributed by atoms with Crippen LogP contribution in [0.2, 0.25) is 5.02 Å². The molecule has 4 nitrogen and oxygen atoms in total. The van der Waals surface area contributed by atoms with Gasteiger partial charge in [0.15, 0.2) is 0 Å². The number of hydrogen-bond acceptors (Lipinski definition) is 3. The Kier molecular flexibility index (Phi) is 5.66. The average molecular weight is 365 g/mol. The van der Waals surface area contributed by atoms with Crippen molar-refractivity contribution in [2.24, 2.45) is 10.9 Å². The van der Waals surface area contributed by atoms with Gasteiger partial charge >= 0.3 is 5.97 Å². The van der Waals surface area contributed by atoms with Crippen LogP contribution in [0.5, 0.6) is 0 Å². The summed E-state index contributed by atoms with van der Waals surface area (Å²) in [6.07, 6.45) is 0.372. The second kappa shape index (κ2) is 8.32. The molecule has 0 aromatic heterocycles. The van der Waals surface area contributed by atoms with Crippen LogP contribution in [0.3, 0.4) is 0 Å². The minimum atomic E-state index is -0.552. The second-order valence-corrected chi connectivity index (χ2v) is 6.14. The Labute approximate surface area is 156 Å². The molecule has 0 aliphatic heterocycles. The molecule has 0 saturated heterocycles. The molecule has 0 heterocycles. The number of nitrogens with two attached hydrogens (primary N) is 1. The molecule has 3 rings (SSSR count). The van der Waals surface area contributed by atoms with E-state index in [0.29, 0.717) is 17.0 Å². The van der Waals surface area contributed by atoms with Gasteiger partial charge in [0, 0.05) is 11.4 Å². The van der Waals surface area contributed by atoms with E-state index in [1.807, 2.05) is 54.6 Å². The molecule has 130 valence electrons. The molecule has 0 atom stereocenters. The van der Waals surface area contributed by atoms with Crippen LogP contribution < -0.4 is 5.73 Å². The van der Waals surface area contributed by atoms with Crippen molar-refractivity contribution in [2.45, 2.75) is 6.42 Å². The van der Waals surface area contributed by atoms with E-state index in [-0.39, 0.29) is 5.84 Å². The lowest BCUT2D eigenvalue weighted by Gasteiger charge is -2.04. The van der Waals surface area contributed by atoms with Crippen molar-refractivity contribution in [1.29, 1.82) is 0 Å².